The third kappa shape index (κ3) is 6.49. The lowest BCUT2D eigenvalue weighted by molar-refractivity contribution is 0.332. The smallest absolute Gasteiger partial charge is 0.00861 e. The van der Waals surface area contributed by atoms with E-state index in [0.29, 0.717) is 0 Å². The first-order valence-electron chi connectivity index (χ1n) is 12.1. The third-order valence-corrected chi connectivity index (χ3v) is 8.04. The average molecular weight is 487 g/mol. The lowest BCUT2D eigenvalue weighted by Gasteiger charge is -2.42. The van der Waals surface area contributed by atoms with Crippen LogP contribution in [0.2, 0.25) is 0 Å². The van der Waals surface area contributed by atoms with Crippen LogP contribution in [0, 0.1) is 6.92 Å². The Balaban J connectivity index is 0.000000302. The standard InChI is InChI=1S/C24H30S.C8H8S/c1-17(15-18-7-10-20(25-6)11-8-18)19-9-12-21-22(16-19)24(4,5)14-13-23(21,2)3;1-7-2-4-8(6-9)5-3-7/h7-12,15-16H,13-14H2,1-6H3;2-6H,1H3. The fraction of sp³-hybridized carbons (Fsp3) is 0.344. The summed E-state index contributed by atoms with van der Waals surface area (Å²) < 4.78 is 0. The molecule has 178 valence electrons. The van der Waals surface area contributed by atoms with Crippen LogP contribution in [0.4, 0.5) is 0 Å². The van der Waals surface area contributed by atoms with Crippen LogP contribution >= 0.6 is 24.0 Å². The molecule has 0 aromatic heterocycles. The molecule has 0 N–H and O–H groups in total. The van der Waals surface area contributed by atoms with Gasteiger partial charge in [-0.25, -0.2) is 0 Å². The van der Waals surface area contributed by atoms with Crippen LogP contribution in [0.25, 0.3) is 11.6 Å². The van der Waals surface area contributed by atoms with Crippen molar-refractivity contribution in [2.75, 3.05) is 6.26 Å². The number of thiocarbonyl (C=S) groups is 1. The lowest BCUT2D eigenvalue weighted by Crippen LogP contribution is -2.33. The summed E-state index contributed by atoms with van der Waals surface area (Å²) in [5, 5.41) is 1.68. The Kier molecular flexibility index (Phi) is 8.60. The lowest BCUT2D eigenvalue weighted by atomic mass is 9.63. The first-order chi connectivity index (χ1) is 16.1. The zero-order valence-corrected chi connectivity index (χ0v) is 23.4. The maximum atomic E-state index is 4.74. The van der Waals surface area contributed by atoms with Crippen molar-refractivity contribution >= 4 is 41.0 Å². The highest BCUT2D eigenvalue weighted by atomic mass is 32.2. The quantitative estimate of drug-likeness (QED) is 0.204. The molecule has 3 aromatic carbocycles. The molecule has 0 unspecified atom stereocenters. The molecule has 4 rings (SSSR count). The number of hydrogen-bond donors (Lipinski definition) is 0. The first kappa shape index (κ1) is 26.4. The maximum Gasteiger partial charge on any atom is 0.00861 e. The van der Waals surface area contributed by atoms with Crippen LogP contribution < -0.4 is 0 Å². The van der Waals surface area contributed by atoms with E-state index >= 15 is 0 Å². The van der Waals surface area contributed by atoms with Crippen molar-refractivity contribution in [2.45, 2.75) is 70.1 Å². The van der Waals surface area contributed by atoms with Gasteiger partial charge >= 0.3 is 0 Å². The Morgan fingerprint density at radius 1 is 0.794 bits per heavy atom. The normalized spacial score (nSPS) is 16.1. The number of thioether (sulfide) groups is 1. The second-order valence-electron chi connectivity index (χ2n) is 10.7. The average Bonchev–Trinajstić information content (AvgIpc) is 2.83. The second-order valence-corrected chi connectivity index (χ2v) is 11.8. The Hall–Kier alpha value is -2.16. The molecule has 0 bridgehead atoms. The monoisotopic (exact) mass is 486 g/mol. The fourth-order valence-electron chi connectivity index (χ4n) is 4.51. The Morgan fingerprint density at radius 3 is 1.91 bits per heavy atom. The molecule has 0 aliphatic heterocycles. The summed E-state index contributed by atoms with van der Waals surface area (Å²) in [5.41, 5.74) is 9.95. The largest absolute Gasteiger partial charge is 0.130 e. The molecule has 1 aliphatic carbocycles. The van der Waals surface area contributed by atoms with Crippen molar-refractivity contribution in [1.29, 1.82) is 0 Å². The summed E-state index contributed by atoms with van der Waals surface area (Å²) in [4.78, 5) is 1.31. The summed E-state index contributed by atoms with van der Waals surface area (Å²) in [7, 11) is 0. The zero-order valence-electron chi connectivity index (χ0n) is 21.7. The number of allylic oxidation sites excluding steroid dienone is 1. The van der Waals surface area contributed by atoms with Crippen molar-refractivity contribution in [1.82, 2.24) is 0 Å². The van der Waals surface area contributed by atoms with Gasteiger partial charge in [-0.3, -0.25) is 0 Å². The maximum absolute atomic E-state index is 4.74. The topological polar surface area (TPSA) is 0 Å². The van der Waals surface area contributed by atoms with Crippen molar-refractivity contribution in [3.8, 4) is 0 Å². The van der Waals surface area contributed by atoms with Gasteiger partial charge in [-0.05, 0) is 89.3 Å². The Bertz CT molecular complexity index is 1150. The van der Waals surface area contributed by atoms with E-state index in [2.05, 4.69) is 108 Å². The van der Waals surface area contributed by atoms with E-state index in [0.717, 1.165) is 5.56 Å². The van der Waals surface area contributed by atoms with Crippen molar-refractivity contribution in [2.24, 2.45) is 0 Å². The van der Waals surface area contributed by atoms with Crippen LogP contribution in [-0.2, 0) is 10.8 Å². The first-order valence-corrected chi connectivity index (χ1v) is 13.7. The molecule has 1 aliphatic rings. The molecule has 0 fully saturated rings. The van der Waals surface area contributed by atoms with Crippen LogP contribution in [0.15, 0.2) is 71.6 Å². The van der Waals surface area contributed by atoms with Gasteiger partial charge in [0.2, 0.25) is 0 Å². The molecule has 0 nitrogen and oxygen atoms in total. The Morgan fingerprint density at radius 2 is 1.35 bits per heavy atom. The van der Waals surface area contributed by atoms with E-state index in [4.69, 9.17) is 12.2 Å². The van der Waals surface area contributed by atoms with Gasteiger partial charge in [-0.2, -0.15) is 0 Å². The van der Waals surface area contributed by atoms with E-state index in [9.17, 15) is 0 Å². The molecule has 0 saturated carbocycles. The molecule has 0 amide bonds. The van der Waals surface area contributed by atoms with Crippen molar-refractivity contribution in [3.05, 3.63) is 100 Å². The van der Waals surface area contributed by atoms with Gasteiger partial charge < -0.3 is 0 Å². The van der Waals surface area contributed by atoms with Crippen LogP contribution in [0.1, 0.15) is 80.8 Å². The van der Waals surface area contributed by atoms with Crippen LogP contribution in [0.5, 0.6) is 0 Å². The number of rotatable bonds is 4. The van der Waals surface area contributed by atoms with Gasteiger partial charge in [0.05, 0.1) is 0 Å². The molecule has 0 heterocycles. The highest BCUT2D eigenvalue weighted by molar-refractivity contribution is 7.98. The van der Waals surface area contributed by atoms with Gasteiger partial charge in [0.15, 0.2) is 0 Å². The highest BCUT2D eigenvalue weighted by Gasteiger charge is 2.36. The summed E-state index contributed by atoms with van der Waals surface area (Å²) in [6.45, 7) is 13.8. The van der Waals surface area contributed by atoms with Crippen LogP contribution in [0.3, 0.4) is 0 Å². The van der Waals surface area contributed by atoms with E-state index in [1.165, 1.54) is 51.1 Å². The number of benzene rings is 3. The molecule has 0 atom stereocenters. The molecule has 0 spiro atoms. The minimum absolute atomic E-state index is 0.265. The molecule has 3 aromatic rings. The van der Waals surface area contributed by atoms with E-state index < -0.39 is 0 Å². The van der Waals surface area contributed by atoms with Gasteiger partial charge in [0.1, 0.15) is 0 Å². The number of fused-ring (bicyclic) bond motifs is 1. The van der Waals surface area contributed by atoms with Gasteiger partial charge in [-0.1, -0.05) is 106 Å². The summed E-state index contributed by atoms with van der Waals surface area (Å²) in [5.74, 6) is 0. The summed E-state index contributed by atoms with van der Waals surface area (Å²) in [6.07, 6.45) is 6.94. The zero-order chi connectivity index (χ0) is 24.9. The van der Waals surface area contributed by atoms with Crippen molar-refractivity contribution < 1.29 is 0 Å². The SMILES string of the molecule is CSc1ccc(C=C(C)c2ccc3c(c2)C(C)(C)CCC3(C)C)cc1.Cc1ccc(C=S)cc1. The predicted molar refractivity (Wildman–Crippen MR) is 157 cm³/mol. The van der Waals surface area contributed by atoms with Gasteiger partial charge in [0.25, 0.3) is 0 Å². The van der Waals surface area contributed by atoms with Gasteiger partial charge in [0, 0.05) is 10.3 Å². The minimum atomic E-state index is 0.265. The van der Waals surface area contributed by atoms with E-state index in [-0.39, 0.29) is 10.8 Å². The number of aryl methyl sites for hydroxylation is 1. The minimum Gasteiger partial charge on any atom is -0.130 e. The molecule has 2 heteroatoms. The Labute approximate surface area is 216 Å². The van der Waals surface area contributed by atoms with Crippen LogP contribution in [-0.4, -0.2) is 11.6 Å². The predicted octanol–water partition coefficient (Wildman–Crippen LogP) is 9.66. The molecule has 34 heavy (non-hydrogen) atoms. The molecule has 0 saturated heterocycles. The van der Waals surface area contributed by atoms with E-state index in [1.807, 2.05) is 12.1 Å². The van der Waals surface area contributed by atoms with E-state index in [1.54, 1.807) is 17.1 Å². The fourth-order valence-corrected chi connectivity index (χ4v) is 5.08. The summed E-state index contributed by atoms with van der Waals surface area (Å²) in [6, 6.07) is 24.1. The van der Waals surface area contributed by atoms with Crippen molar-refractivity contribution in [3.63, 3.8) is 0 Å². The molecular formula is C32H38S2. The second kappa shape index (κ2) is 11.1. The molecule has 0 radical (unpaired) electrons. The van der Waals surface area contributed by atoms with Gasteiger partial charge in [-0.15, -0.1) is 11.8 Å². The highest BCUT2D eigenvalue weighted by Crippen LogP contribution is 2.46. The third-order valence-electron chi connectivity index (χ3n) is 7.02. The number of hydrogen-bond acceptors (Lipinski definition) is 2. The summed E-state index contributed by atoms with van der Waals surface area (Å²) >= 11 is 6.52. The molecular weight excluding hydrogens is 448 g/mol.